The van der Waals surface area contributed by atoms with Crippen LogP contribution in [0.1, 0.15) is 21.5 Å². The first-order valence-electron chi connectivity index (χ1n) is 6.41. The Bertz CT molecular complexity index is 663. The molecule has 0 unspecified atom stereocenters. The van der Waals surface area contributed by atoms with Crippen molar-refractivity contribution in [2.75, 3.05) is 13.2 Å². The number of hydrogen-bond donors (Lipinski definition) is 0. The minimum absolute atomic E-state index is 0.247. The standard InChI is InChI=1S/C15H13BrO3S/c1-2-18-15(17)14-8-11-10-7-9(16)3-4-12(10)19-6-5-13(11)20-14/h3-4,7-8H,2,5-6H2,1H3. The maximum atomic E-state index is 11.9. The summed E-state index contributed by atoms with van der Waals surface area (Å²) in [5.74, 6) is 0.614. The molecule has 0 bridgehead atoms. The van der Waals surface area contributed by atoms with Crippen molar-refractivity contribution in [1.82, 2.24) is 0 Å². The van der Waals surface area contributed by atoms with E-state index < -0.39 is 0 Å². The van der Waals surface area contributed by atoms with E-state index in [1.807, 2.05) is 31.2 Å². The summed E-state index contributed by atoms with van der Waals surface area (Å²) < 4.78 is 11.8. The van der Waals surface area contributed by atoms with Gasteiger partial charge in [-0.3, -0.25) is 0 Å². The van der Waals surface area contributed by atoms with E-state index in [1.165, 1.54) is 16.2 Å². The van der Waals surface area contributed by atoms with Crippen LogP contribution < -0.4 is 4.74 Å². The number of carbonyl (C=O) groups is 1. The normalized spacial score (nSPS) is 12.9. The third-order valence-corrected chi connectivity index (χ3v) is 4.77. The Morgan fingerprint density at radius 1 is 1.40 bits per heavy atom. The maximum Gasteiger partial charge on any atom is 0.348 e. The molecule has 20 heavy (non-hydrogen) atoms. The number of esters is 1. The smallest absolute Gasteiger partial charge is 0.348 e. The van der Waals surface area contributed by atoms with E-state index in [1.54, 1.807) is 0 Å². The maximum absolute atomic E-state index is 11.9. The van der Waals surface area contributed by atoms with Gasteiger partial charge in [0.2, 0.25) is 0 Å². The van der Waals surface area contributed by atoms with Gasteiger partial charge >= 0.3 is 5.97 Å². The van der Waals surface area contributed by atoms with Gasteiger partial charge in [-0.05, 0) is 31.2 Å². The summed E-state index contributed by atoms with van der Waals surface area (Å²) in [7, 11) is 0. The fourth-order valence-corrected chi connectivity index (χ4v) is 3.65. The highest BCUT2D eigenvalue weighted by atomic mass is 79.9. The van der Waals surface area contributed by atoms with Crippen LogP contribution >= 0.6 is 27.3 Å². The minimum Gasteiger partial charge on any atom is -0.493 e. The van der Waals surface area contributed by atoms with Gasteiger partial charge in [0.1, 0.15) is 10.6 Å². The van der Waals surface area contributed by atoms with E-state index in [-0.39, 0.29) is 5.97 Å². The molecule has 5 heteroatoms. The van der Waals surface area contributed by atoms with E-state index in [9.17, 15) is 4.79 Å². The number of benzene rings is 1. The lowest BCUT2D eigenvalue weighted by Gasteiger charge is -2.07. The lowest BCUT2D eigenvalue weighted by Crippen LogP contribution is -2.02. The minimum atomic E-state index is -0.247. The summed E-state index contributed by atoms with van der Waals surface area (Å²) >= 11 is 4.98. The van der Waals surface area contributed by atoms with E-state index >= 15 is 0 Å². The molecule has 2 heterocycles. The van der Waals surface area contributed by atoms with Crippen molar-refractivity contribution < 1.29 is 14.3 Å². The summed E-state index contributed by atoms with van der Waals surface area (Å²) in [6.45, 7) is 2.84. The van der Waals surface area contributed by atoms with E-state index in [0.29, 0.717) is 18.1 Å². The zero-order valence-corrected chi connectivity index (χ0v) is 13.3. The molecule has 3 rings (SSSR count). The molecule has 104 valence electrons. The van der Waals surface area contributed by atoms with Crippen molar-refractivity contribution in [2.24, 2.45) is 0 Å². The molecule has 0 atom stereocenters. The second kappa shape index (κ2) is 5.58. The Labute approximate surface area is 129 Å². The average molecular weight is 353 g/mol. The third kappa shape index (κ3) is 2.47. The van der Waals surface area contributed by atoms with Crippen molar-refractivity contribution in [1.29, 1.82) is 0 Å². The highest BCUT2D eigenvalue weighted by molar-refractivity contribution is 9.10. The molecule has 0 N–H and O–H groups in total. The van der Waals surface area contributed by atoms with Gasteiger partial charge in [0.25, 0.3) is 0 Å². The van der Waals surface area contributed by atoms with Gasteiger partial charge in [-0.15, -0.1) is 11.3 Å². The highest BCUT2D eigenvalue weighted by Crippen LogP contribution is 2.41. The predicted molar refractivity (Wildman–Crippen MR) is 82.6 cm³/mol. The van der Waals surface area contributed by atoms with Crippen molar-refractivity contribution in [2.45, 2.75) is 13.3 Å². The Hall–Kier alpha value is -1.33. The molecule has 0 fully saturated rings. The molecule has 1 aromatic carbocycles. The van der Waals surface area contributed by atoms with Crippen molar-refractivity contribution in [3.63, 3.8) is 0 Å². The second-order valence-electron chi connectivity index (χ2n) is 4.41. The number of thiophene rings is 1. The van der Waals surface area contributed by atoms with Gasteiger partial charge in [-0.1, -0.05) is 15.9 Å². The van der Waals surface area contributed by atoms with Crippen molar-refractivity contribution in [3.8, 4) is 16.9 Å². The molecule has 0 spiro atoms. The fraction of sp³-hybridized carbons (Fsp3) is 0.267. The van der Waals surface area contributed by atoms with Crippen LogP contribution in [-0.2, 0) is 11.2 Å². The molecule has 1 aliphatic heterocycles. The number of rotatable bonds is 2. The number of halogens is 1. The zero-order chi connectivity index (χ0) is 14.1. The van der Waals surface area contributed by atoms with Crippen LogP contribution in [0.5, 0.6) is 5.75 Å². The van der Waals surface area contributed by atoms with Gasteiger partial charge in [0.05, 0.1) is 13.2 Å². The lowest BCUT2D eigenvalue weighted by molar-refractivity contribution is 0.0532. The van der Waals surface area contributed by atoms with Crippen LogP contribution in [0.3, 0.4) is 0 Å². The fourth-order valence-electron chi connectivity index (χ4n) is 2.24. The number of carbonyl (C=O) groups excluding carboxylic acids is 1. The Morgan fingerprint density at radius 2 is 2.25 bits per heavy atom. The number of ether oxygens (including phenoxy) is 2. The molecular weight excluding hydrogens is 340 g/mol. The summed E-state index contributed by atoms with van der Waals surface area (Å²) in [5, 5.41) is 0. The van der Waals surface area contributed by atoms with Crippen molar-refractivity contribution >= 4 is 33.2 Å². The first-order chi connectivity index (χ1) is 9.69. The van der Waals surface area contributed by atoms with Gasteiger partial charge in [0, 0.05) is 26.9 Å². The molecule has 3 nitrogen and oxygen atoms in total. The van der Waals surface area contributed by atoms with Gasteiger partial charge < -0.3 is 9.47 Å². The number of fused-ring (bicyclic) bond motifs is 3. The van der Waals surface area contributed by atoms with Gasteiger partial charge in [0.15, 0.2) is 0 Å². The summed E-state index contributed by atoms with van der Waals surface area (Å²) in [5.41, 5.74) is 2.10. The first kappa shape index (κ1) is 13.6. The van der Waals surface area contributed by atoms with E-state index in [4.69, 9.17) is 9.47 Å². The van der Waals surface area contributed by atoms with Crippen LogP contribution in [0.15, 0.2) is 28.7 Å². The van der Waals surface area contributed by atoms with Crippen LogP contribution in [0.4, 0.5) is 0 Å². The predicted octanol–water partition coefficient (Wildman–Crippen LogP) is 4.29. The highest BCUT2D eigenvalue weighted by Gasteiger charge is 2.21. The first-order valence-corrected chi connectivity index (χ1v) is 8.02. The van der Waals surface area contributed by atoms with Gasteiger partial charge in [-0.2, -0.15) is 0 Å². The summed E-state index contributed by atoms with van der Waals surface area (Å²) in [6.07, 6.45) is 0.811. The Morgan fingerprint density at radius 3 is 3.05 bits per heavy atom. The molecule has 2 aromatic rings. The Balaban J connectivity index is 2.09. The molecule has 1 aliphatic rings. The third-order valence-electron chi connectivity index (χ3n) is 3.10. The largest absolute Gasteiger partial charge is 0.493 e. The molecule has 0 radical (unpaired) electrons. The quantitative estimate of drug-likeness (QED) is 0.756. The van der Waals surface area contributed by atoms with Crippen LogP contribution in [0, 0.1) is 0 Å². The molecular formula is C15H13BrO3S. The molecule has 1 aromatic heterocycles. The van der Waals surface area contributed by atoms with Crippen LogP contribution in [0.2, 0.25) is 0 Å². The van der Waals surface area contributed by atoms with Crippen LogP contribution in [-0.4, -0.2) is 19.2 Å². The van der Waals surface area contributed by atoms with E-state index in [0.717, 1.165) is 27.8 Å². The summed E-state index contributed by atoms with van der Waals surface area (Å²) in [6, 6.07) is 7.86. The van der Waals surface area contributed by atoms with Crippen LogP contribution in [0.25, 0.3) is 11.1 Å². The lowest BCUT2D eigenvalue weighted by atomic mass is 10.0. The average Bonchev–Trinajstić information content (AvgIpc) is 2.78. The SMILES string of the molecule is CCOC(=O)c1cc2c(s1)CCOc1ccc(Br)cc1-2. The zero-order valence-electron chi connectivity index (χ0n) is 10.9. The second-order valence-corrected chi connectivity index (χ2v) is 6.46. The summed E-state index contributed by atoms with van der Waals surface area (Å²) in [4.78, 5) is 13.7. The molecule has 0 saturated heterocycles. The van der Waals surface area contributed by atoms with Gasteiger partial charge in [-0.25, -0.2) is 4.79 Å². The molecule has 0 aliphatic carbocycles. The number of hydrogen-bond acceptors (Lipinski definition) is 4. The Kier molecular flexibility index (Phi) is 3.81. The monoisotopic (exact) mass is 352 g/mol. The topological polar surface area (TPSA) is 35.5 Å². The van der Waals surface area contributed by atoms with Crippen molar-refractivity contribution in [3.05, 3.63) is 38.5 Å². The molecule has 0 saturated carbocycles. The van der Waals surface area contributed by atoms with E-state index in [2.05, 4.69) is 15.9 Å². The molecule has 0 amide bonds.